The number of nitrogens with one attached hydrogen (secondary N) is 1. The standard InChI is InChI=1S/C12H17F3N2OS/c13-12(14,15)10-8-9(2-3-11(10)16)17-4-7-19-6-1-5-18/h2-3,8,17-18H,1,4-7,16H2. The van der Waals surface area contributed by atoms with Crippen molar-refractivity contribution in [3.63, 3.8) is 0 Å². The molecule has 0 atom stereocenters. The predicted molar refractivity (Wildman–Crippen MR) is 73.4 cm³/mol. The molecule has 7 heteroatoms. The summed E-state index contributed by atoms with van der Waals surface area (Å²) in [7, 11) is 0. The molecule has 0 aliphatic heterocycles. The third-order valence-corrected chi connectivity index (χ3v) is 3.45. The lowest BCUT2D eigenvalue weighted by Crippen LogP contribution is -2.11. The average molecular weight is 294 g/mol. The topological polar surface area (TPSA) is 58.3 Å². The zero-order valence-electron chi connectivity index (χ0n) is 10.3. The van der Waals surface area contributed by atoms with Gasteiger partial charge in [0.1, 0.15) is 0 Å². The van der Waals surface area contributed by atoms with Gasteiger partial charge in [-0.1, -0.05) is 0 Å². The van der Waals surface area contributed by atoms with E-state index in [0.29, 0.717) is 12.2 Å². The highest BCUT2D eigenvalue weighted by Crippen LogP contribution is 2.35. The highest BCUT2D eigenvalue weighted by Gasteiger charge is 2.33. The summed E-state index contributed by atoms with van der Waals surface area (Å²) < 4.78 is 37.9. The highest BCUT2D eigenvalue weighted by atomic mass is 32.2. The molecule has 0 radical (unpaired) electrons. The van der Waals surface area contributed by atoms with Gasteiger partial charge in [-0.2, -0.15) is 24.9 Å². The summed E-state index contributed by atoms with van der Waals surface area (Å²) in [6, 6.07) is 3.81. The summed E-state index contributed by atoms with van der Waals surface area (Å²) in [5.74, 6) is 1.61. The van der Waals surface area contributed by atoms with Crippen molar-refractivity contribution in [3.05, 3.63) is 23.8 Å². The summed E-state index contributed by atoms with van der Waals surface area (Å²) in [5, 5.41) is 11.5. The number of rotatable bonds is 7. The molecule has 0 bridgehead atoms. The number of nitrogen functional groups attached to an aromatic ring is 1. The molecule has 0 amide bonds. The lowest BCUT2D eigenvalue weighted by molar-refractivity contribution is -0.136. The normalized spacial score (nSPS) is 11.6. The van der Waals surface area contributed by atoms with Crippen molar-refractivity contribution in [3.8, 4) is 0 Å². The number of nitrogens with two attached hydrogens (primary N) is 1. The molecule has 0 unspecified atom stereocenters. The van der Waals surface area contributed by atoms with Gasteiger partial charge >= 0.3 is 6.18 Å². The van der Waals surface area contributed by atoms with Crippen molar-refractivity contribution in [1.82, 2.24) is 0 Å². The minimum atomic E-state index is -4.43. The van der Waals surface area contributed by atoms with Crippen molar-refractivity contribution in [2.45, 2.75) is 12.6 Å². The van der Waals surface area contributed by atoms with E-state index >= 15 is 0 Å². The first-order valence-electron chi connectivity index (χ1n) is 5.84. The fourth-order valence-electron chi connectivity index (χ4n) is 1.45. The van der Waals surface area contributed by atoms with Crippen molar-refractivity contribution < 1.29 is 18.3 Å². The van der Waals surface area contributed by atoms with Gasteiger partial charge in [0, 0.05) is 30.3 Å². The molecule has 3 nitrogen and oxygen atoms in total. The Bertz CT molecular complexity index is 399. The number of aliphatic hydroxyl groups is 1. The fraction of sp³-hybridized carbons (Fsp3) is 0.500. The second kappa shape index (κ2) is 7.49. The van der Waals surface area contributed by atoms with Crippen LogP contribution < -0.4 is 11.1 Å². The van der Waals surface area contributed by atoms with Crippen LogP contribution in [-0.2, 0) is 6.18 Å². The Morgan fingerprint density at radius 1 is 1.26 bits per heavy atom. The van der Waals surface area contributed by atoms with Crippen LogP contribution in [0.25, 0.3) is 0 Å². The Balaban J connectivity index is 2.47. The quantitative estimate of drug-likeness (QED) is 0.534. The van der Waals surface area contributed by atoms with E-state index in [-0.39, 0.29) is 12.3 Å². The third-order valence-electron chi connectivity index (χ3n) is 2.38. The molecule has 0 spiro atoms. The third kappa shape index (κ3) is 5.61. The van der Waals surface area contributed by atoms with Crippen LogP contribution in [0, 0.1) is 0 Å². The molecule has 0 aliphatic rings. The zero-order valence-corrected chi connectivity index (χ0v) is 11.2. The number of thioether (sulfide) groups is 1. The molecule has 1 aromatic carbocycles. The van der Waals surface area contributed by atoms with Gasteiger partial charge in [0.2, 0.25) is 0 Å². The second-order valence-electron chi connectivity index (χ2n) is 3.92. The minimum absolute atomic E-state index is 0.160. The van der Waals surface area contributed by atoms with Crippen LogP contribution in [0.2, 0.25) is 0 Å². The lowest BCUT2D eigenvalue weighted by atomic mass is 10.1. The molecule has 108 valence electrons. The van der Waals surface area contributed by atoms with Gasteiger partial charge in [-0.3, -0.25) is 0 Å². The zero-order chi connectivity index (χ0) is 14.3. The first kappa shape index (κ1) is 16.0. The average Bonchev–Trinajstić information content (AvgIpc) is 2.34. The van der Waals surface area contributed by atoms with Gasteiger partial charge in [0.25, 0.3) is 0 Å². The fourth-order valence-corrected chi connectivity index (χ4v) is 2.23. The Labute approximate surface area is 114 Å². The number of alkyl halides is 3. The van der Waals surface area contributed by atoms with Gasteiger partial charge < -0.3 is 16.2 Å². The second-order valence-corrected chi connectivity index (χ2v) is 5.14. The highest BCUT2D eigenvalue weighted by molar-refractivity contribution is 7.99. The number of aliphatic hydroxyl groups excluding tert-OH is 1. The summed E-state index contributed by atoms with van der Waals surface area (Å²) in [6.07, 6.45) is -3.71. The Kier molecular flexibility index (Phi) is 6.30. The number of hydrogen-bond acceptors (Lipinski definition) is 4. The molecule has 0 heterocycles. The van der Waals surface area contributed by atoms with Crippen LogP contribution in [0.4, 0.5) is 24.5 Å². The molecular formula is C12H17F3N2OS. The molecule has 0 saturated carbocycles. The van der Waals surface area contributed by atoms with Crippen LogP contribution in [0.1, 0.15) is 12.0 Å². The van der Waals surface area contributed by atoms with Crippen molar-refractivity contribution >= 4 is 23.1 Å². The number of benzene rings is 1. The van der Waals surface area contributed by atoms with E-state index in [1.54, 1.807) is 11.8 Å². The van der Waals surface area contributed by atoms with Crippen LogP contribution >= 0.6 is 11.8 Å². The minimum Gasteiger partial charge on any atom is -0.398 e. The van der Waals surface area contributed by atoms with E-state index in [1.807, 2.05) is 0 Å². The summed E-state index contributed by atoms with van der Waals surface area (Å²) in [5.41, 5.74) is 4.63. The van der Waals surface area contributed by atoms with Gasteiger partial charge in [-0.05, 0) is 30.4 Å². The summed E-state index contributed by atoms with van der Waals surface area (Å²) in [6.45, 7) is 0.727. The van der Waals surface area contributed by atoms with Crippen LogP contribution in [-0.4, -0.2) is 29.8 Å². The maximum atomic E-state index is 12.6. The molecule has 1 aromatic rings. The Morgan fingerprint density at radius 3 is 2.63 bits per heavy atom. The van der Waals surface area contributed by atoms with Crippen molar-refractivity contribution in [2.75, 3.05) is 35.7 Å². The van der Waals surface area contributed by atoms with Gasteiger partial charge in [-0.15, -0.1) is 0 Å². The molecule has 0 fully saturated rings. The predicted octanol–water partition coefficient (Wildman–Crippen LogP) is 2.82. The van der Waals surface area contributed by atoms with Crippen LogP contribution in [0.3, 0.4) is 0 Å². The Hall–Kier alpha value is -1.08. The van der Waals surface area contributed by atoms with Crippen LogP contribution in [0.15, 0.2) is 18.2 Å². The van der Waals surface area contributed by atoms with Crippen molar-refractivity contribution in [1.29, 1.82) is 0 Å². The van der Waals surface area contributed by atoms with E-state index in [0.717, 1.165) is 24.0 Å². The molecule has 4 N–H and O–H groups in total. The largest absolute Gasteiger partial charge is 0.418 e. The monoisotopic (exact) mass is 294 g/mol. The van der Waals surface area contributed by atoms with E-state index < -0.39 is 11.7 Å². The summed E-state index contributed by atoms with van der Waals surface area (Å²) in [4.78, 5) is 0. The van der Waals surface area contributed by atoms with E-state index in [9.17, 15) is 13.2 Å². The van der Waals surface area contributed by atoms with Crippen molar-refractivity contribution in [2.24, 2.45) is 0 Å². The Morgan fingerprint density at radius 2 is 2.00 bits per heavy atom. The maximum Gasteiger partial charge on any atom is 0.418 e. The molecule has 0 aromatic heterocycles. The van der Waals surface area contributed by atoms with E-state index in [4.69, 9.17) is 10.8 Å². The first-order chi connectivity index (χ1) is 8.95. The number of anilines is 2. The molecular weight excluding hydrogens is 277 g/mol. The number of hydrogen-bond donors (Lipinski definition) is 3. The first-order valence-corrected chi connectivity index (χ1v) is 7.00. The molecule has 1 rings (SSSR count). The SMILES string of the molecule is Nc1ccc(NCCSCCCO)cc1C(F)(F)F. The molecule has 0 aliphatic carbocycles. The lowest BCUT2D eigenvalue weighted by Gasteiger charge is -2.13. The van der Waals surface area contributed by atoms with Gasteiger partial charge in [-0.25, -0.2) is 0 Å². The smallest absolute Gasteiger partial charge is 0.398 e. The number of halogens is 3. The maximum absolute atomic E-state index is 12.6. The van der Waals surface area contributed by atoms with Crippen LogP contribution in [0.5, 0.6) is 0 Å². The summed E-state index contributed by atoms with van der Waals surface area (Å²) >= 11 is 1.64. The van der Waals surface area contributed by atoms with Gasteiger partial charge in [0.15, 0.2) is 0 Å². The van der Waals surface area contributed by atoms with Gasteiger partial charge in [0.05, 0.1) is 5.56 Å². The van der Waals surface area contributed by atoms with E-state index in [1.165, 1.54) is 12.1 Å². The van der Waals surface area contributed by atoms with E-state index in [2.05, 4.69) is 5.32 Å². The molecule has 0 saturated heterocycles. The molecule has 19 heavy (non-hydrogen) atoms.